The number of hydrogen-bond acceptors (Lipinski definition) is 4. The number of nitrogens with zero attached hydrogens (tertiary/aromatic N) is 1. The quantitative estimate of drug-likeness (QED) is 0.837. The van der Waals surface area contributed by atoms with Gasteiger partial charge < -0.3 is 11.1 Å². The van der Waals surface area contributed by atoms with Crippen LogP contribution in [0.2, 0.25) is 10.0 Å². The smallest absolute Gasteiger partial charge is 0.180 e. The molecule has 2 aromatic rings. The molecule has 0 saturated heterocycles. The fourth-order valence-corrected chi connectivity index (χ4v) is 3.03. The van der Waals surface area contributed by atoms with Crippen LogP contribution in [-0.2, 0) is 6.54 Å². The molecule has 7 heteroatoms. The van der Waals surface area contributed by atoms with Crippen LogP contribution < -0.4 is 11.1 Å². The van der Waals surface area contributed by atoms with E-state index in [4.69, 9.17) is 28.9 Å². The number of benzene rings is 1. The molecule has 1 aromatic heterocycles. The maximum absolute atomic E-state index is 13.4. The third kappa shape index (κ3) is 3.36. The van der Waals surface area contributed by atoms with E-state index in [1.165, 1.54) is 23.5 Å². The minimum Gasteiger partial charge on any atom is -0.375 e. The van der Waals surface area contributed by atoms with Gasteiger partial charge >= 0.3 is 0 Å². The third-order valence-electron chi connectivity index (χ3n) is 2.67. The first kappa shape index (κ1) is 14.5. The monoisotopic (exact) mass is 319 g/mol. The van der Waals surface area contributed by atoms with E-state index in [1.54, 1.807) is 6.20 Å². The summed E-state index contributed by atoms with van der Waals surface area (Å²) in [7, 11) is 0. The van der Waals surface area contributed by atoms with Crippen molar-refractivity contribution in [3.8, 4) is 0 Å². The highest BCUT2D eigenvalue weighted by molar-refractivity contribution is 7.15. The summed E-state index contributed by atoms with van der Waals surface area (Å²) in [6.07, 6.45) is 1.70. The standard InChI is InChI=1S/C12H12Cl2FN3S/c1-6(17-4-7-5-18-12(16)19-7)10-8(13)2-3-9(15)11(10)14/h2-3,5-6,17H,4H2,1H3,(H2,16,18). The van der Waals surface area contributed by atoms with Gasteiger partial charge in [0, 0.05) is 34.2 Å². The molecule has 1 aromatic carbocycles. The van der Waals surface area contributed by atoms with Crippen LogP contribution in [0.4, 0.5) is 9.52 Å². The van der Waals surface area contributed by atoms with Crippen LogP contribution >= 0.6 is 34.5 Å². The molecule has 0 spiro atoms. The van der Waals surface area contributed by atoms with E-state index in [2.05, 4.69) is 10.3 Å². The van der Waals surface area contributed by atoms with Gasteiger partial charge in [-0.15, -0.1) is 11.3 Å². The van der Waals surface area contributed by atoms with Gasteiger partial charge in [-0.3, -0.25) is 0 Å². The van der Waals surface area contributed by atoms with E-state index < -0.39 is 5.82 Å². The second kappa shape index (κ2) is 6.05. The summed E-state index contributed by atoms with van der Waals surface area (Å²) in [4.78, 5) is 4.95. The predicted molar refractivity (Wildman–Crippen MR) is 78.2 cm³/mol. The van der Waals surface area contributed by atoms with Crippen molar-refractivity contribution in [2.45, 2.75) is 19.5 Å². The van der Waals surface area contributed by atoms with Gasteiger partial charge in [0.2, 0.25) is 0 Å². The van der Waals surface area contributed by atoms with E-state index in [9.17, 15) is 4.39 Å². The van der Waals surface area contributed by atoms with E-state index in [-0.39, 0.29) is 11.1 Å². The molecule has 1 atom stereocenters. The number of anilines is 1. The first-order valence-electron chi connectivity index (χ1n) is 5.56. The molecule has 0 radical (unpaired) electrons. The lowest BCUT2D eigenvalue weighted by Gasteiger charge is -2.17. The Balaban J connectivity index is 2.12. The van der Waals surface area contributed by atoms with Crippen molar-refractivity contribution in [1.29, 1.82) is 0 Å². The topological polar surface area (TPSA) is 50.9 Å². The van der Waals surface area contributed by atoms with Crippen molar-refractivity contribution < 1.29 is 4.39 Å². The van der Waals surface area contributed by atoms with Crippen molar-refractivity contribution in [1.82, 2.24) is 10.3 Å². The minimum atomic E-state index is -0.475. The molecule has 1 unspecified atom stereocenters. The predicted octanol–water partition coefficient (Wildman–Crippen LogP) is 4.02. The second-order valence-corrected chi connectivity index (χ2v) is 5.96. The Kier molecular flexibility index (Phi) is 4.62. The molecular weight excluding hydrogens is 308 g/mol. The largest absolute Gasteiger partial charge is 0.375 e. The van der Waals surface area contributed by atoms with Crippen molar-refractivity contribution in [3.63, 3.8) is 0 Å². The van der Waals surface area contributed by atoms with Gasteiger partial charge in [0.15, 0.2) is 5.13 Å². The molecule has 2 rings (SSSR count). The SMILES string of the molecule is CC(NCc1cnc(N)s1)c1c(Cl)ccc(F)c1Cl. The number of halogens is 3. The van der Waals surface area contributed by atoms with Gasteiger partial charge in [0.1, 0.15) is 5.82 Å². The molecule has 3 N–H and O–H groups in total. The number of rotatable bonds is 4. The normalized spacial score (nSPS) is 12.6. The highest BCUT2D eigenvalue weighted by Gasteiger charge is 2.16. The zero-order valence-corrected chi connectivity index (χ0v) is 12.4. The van der Waals surface area contributed by atoms with Gasteiger partial charge in [0.25, 0.3) is 0 Å². The average Bonchev–Trinajstić information content (AvgIpc) is 2.78. The Bertz CT molecular complexity index is 588. The number of aromatic nitrogens is 1. The van der Waals surface area contributed by atoms with Gasteiger partial charge in [0.05, 0.1) is 5.02 Å². The Morgan fingerprint density at radius 1 is 1.47 bits per heavy atom. The number of hydrogen-bond donors (Lipinski definition) is 2. The molecule has 0 bridgehead atoms. The van der Waals surface area contributed by atoms with E-state index >= 15 is 0 Å². The molecule has 19 heavy (non-hydrogen) atoms. The first-order valence-corrected chi connectivity index (χ1v) is 7.13. The van der Waals surface area contributed by atoms with E-state index in [0.717, 1.165) is 4.88 Å². The summed E-state index contributed by atoms with van der Waals surface area (Å²) in [6, 6.07) is 2.57. The summed E-state index contributed by atoms with van der Waals surface area (Å²) in [5, 5.41) is 4.23. The lowest BCUT2D eigenvalue weighted by molar-refractivity contribution is 0.568. The number of nitrogens with one attached hydrogen (secondary N) is 1. The number of nitrogen functional groups attached to an aromatic ring is 1. The van der Waals surface area contributed by atoms with Crippen LogP contribution in [0.5, 0.6) is 0 Å². The van der Waals surface area contributed by atoms with Gasteiger partial charge in [-0.25, -0.2) is 9.37 Å². The molecule has 102 valence electrons. The van der Waals surface area contributed by atoms with Crippen LogP contribution in [0.15, 0.2) is 18.3 Å². The van der Waals surface area contributed by atoms with Gasteiger partial charge in [-0.05, 0) is 19.1 Å². The van der Waals surface area contributed by atoms with Crippen molar-refractivity contribution in [2.24, 2.45) is 0 Å². The third-order valence-corrected chi connectivity index (χ3v) is 4.21. The maximum Gasteiger partial charge on any atom is 0.180 e. The molecule has 0 saturated carbocycles. The van der Waals surface area contributed by atoms with Crippen LogP contribution in [0, 0.1) is 5.82 Å². The lowest BCUT2D eigenvalue weighted by atomic mass is 10.1. The van der Waals surface area contributed by atoms with Crippen LogP contribution in [0.25, 0.3) is 0 Å². The van der Waals surface area contributed by atoms with E-state index in [1.807, 2.05) is 6.92 Å². The lowest BCUT2D eigenvalue weighted by Crippen LogP contribution is -2.18. The van der Waals surface area contributed by atoms with Crippen molar-refractivity contribution >= 4 is 39.7 Å². The van der Waals surface area contributed by atoms with Crippen LogP contribution in [0.1, 0.15) is 23.4 Å². The minimum absolute atomic E-state index is 0.0521. The summed E-state index contributed by atoms with van der Waals surface area (Å²) < 4.78 is 13.4. The Hall–Kier alpha value is -0.880. The number of nitrogens with two attached hydrogens (primary N) is 1. The molecule has 0 aliphatic carbocycles. The maximum atomic E-state index is 13.4. The van der Waals surface area contributed by atoms with Crippen LogP contribution in [0.3, 0.4) is 0 Å². The molecule has 0 aliphatic heterocycles. The van der Waals surface area contributed by atoms with Gasteiger partial charge in [-0.1, -0.05) is 23.2 Å². The summed E-state index contributed by atoms with van der Waals surface area (Å²) in [5.41, 5.74) is 6.11. The van der Waals surface area contributed by atoms with Crippen molar-refractivity contribution in [3.05, 3.63) is 44.6 Å². The highest BCUT2D eigenvalue weighted by Crippen LogP contribution is 2.32. The molecular formula is C12H12Cl2FN3S. The van der Waals surface area contributed by atoms with Crippen molar-refractivity contribution in [2.75, 3.05) is 5.73 Å². The summed E-state index contributed by atoms with van der Waals surface area (Å²) in [6.45, 7) is 2.44. The Morgan fingerprint density at radius 2 is 2.21 bits per heavy atom. The van der Waals surface area contributed by atoms with Gasteiger partial charge in [-0.2, -0.15) is 0 Å². The number of thiazole rings is 1. The average molecular weight is 320 g/mol. The molecule has 0 aliphatic rings. The fourth-order valence-electron chi connectivity index (χ4n) is 1.70. The molecule has 0 fully saturated rings. The Morgan fingerprint density at radius 3 is 2.84 bits per heavy atom. The molecule has 1 heterocycles. The summed E-state index contributed by atoms with van der Waals surface area (Å²) in [5.74, 6) is -0.475. The van der Waals surface area contributed by atoms with E-state index in [0.29, 0.717) is 22.3 Å². The first-order chi connectivity index (χ1) is 8.99. The second-order valence-electron chi connectivity index (χ2n) is 4.02. The zero-order valence-electron chi connectivity index (χ0n) is 10.1. The Labute approximate surface area is 124 Å². The highest BCUT2D eigenvalue weighted by atomic mass is 35.5. The van der Waals surface area contributed by atoms with Crippen LogP contribution in [-0.4, -0.2) is 4.98 Å². The fraction of sp³-hybridized carbons (Fsp3) is 0.250. The summed E-state index contributed by atoms with van der Waals surface area (Å²) >= 11 is 13.4. The zero-order chi connectivity index (χ0) is 14.0. The molecule has 3 nitrogen and oxygen atoms in total. The molecule has 0 amide bonds.